The van der Waals surface area contributed by atoms with Gasteiger partial charge in [-0.05, 0) is 42.7 Å². The third-order valence-electron chi connectivity index (χ3n) is 5.73. The van der Waals surface area contributed by atoms with Crippen LogP contribution in [-0.4, -0.2) is 46.7 Å². The number of aryl methyl sites for hydroxylation is 1. The number of imidazole rings is 1. The molecule has 1 fully saturated rings. The van der Waals surface area contributed by atoms with Gasteiger partial charge in [0.1, 0.15) is 17.7 Å². The van der Waals surface area contributed by atoms with Crippen molar-refractivity contribution in [2.24, 2.45) is 4.99 Å². The molecule has 1 aliphatic heterocycles. The molecule has 33 heavy (non-hydrogen) atoms. The van der Waals surface area contributed by atoms with E-state index in [9.17, 15) is 4.39 Å². The number of nitrogens with zero attached hydrogens (tertiary/aromatic N) is 4. The van der Waals surface area contributed by atoms with Gasteiger partial charge < -0.3 is 19.5 Å². The van der Waals surface area contributed by atoms with Crippen LogP contribution in [0.4, 0.5) is 4.39 Å². The van der Waals surface area contributed by atoms with Crippen LogP contribution < -0.4 is 5.32 Å². The van der Waals surface area contributed by atoms with E-state index in [4.69, 9.17) is 4.74 Å². The number of nitrogens with one attached hydrogen (secondary N) is 1. The predicted molar refractivity (Wildman–Crippen MR) is 139 cm³/mol. The second-order valence-electron chi connectivity index (χ2n) is 8.21. The molecule has 0 aliphatic carbocycles. The summed E-state index contributed by atoms with van der Waals surface area (Å²) in [6.45, 7) is 6.95. The summed E-state index contributed by atoms with van der Waals surface area (Å²) in [5.74, 6) is 1.60. The fourth-order valence-electron chi connectivity index (χ4n) is 4.10. The van der Waals surface area contributed by atoms with Crippen LogP contribution in [0.1, 0.15) is 35.5 Å². The molecule has 0 spiro atoms. The maximum absolute atomic E-state index is 13.3. The molecule has 0 amide bonds. The lowest BCUT2D eigenvalue weighted by Crippen LogP contribution is -2.50. The molecule has 2 atom stereocenters. The molecule has 1 aromatic heterocycles. The monoisotopic (exact) mass is 563 g/mol. The van der Waals surface area contributed by atoms with E-state index in [1.165, 1.54) is 23.3 Å². The Labute approximate surface area is 211 Å². The molecule has 6 nitrogen and oxygen atoms in total. The van der Waals surface area contributed by atoms with Crippen LogP contribution in [0, 0.1) is 12.7 Å². The molecule has 0 radical (unpaired) electrons. The Bertz CT molecular complexity index is 1070. The number of aromatic nitrogens is 2. The first kappa shape index (κ1) is 25.2. The summed E-state index contributed by atoms with van der Waals surface area (Å²) in [5, 5.41) is 3.50. The molecule has 0 bridgehead atoms. The molecular weight excluding hydrogens is 532 g/mol. The van der Waals surface area contributed by atoms with E-state index >= 15 is 0 Å². The van der Waals surface area contributed by atoms with E-state index in [-0.39, 0.29) is 42.0 Å². The van der Waals surface area contributed by atoms with Crippen molar-refractivity contribution in [3.8, 4) is 0 Å². The number of aliphatic imine (C=N–C) groups is 1. The first-order valence-corrected chi connectivity index (χ1v) is 10.9. The number of hydrogen-bond acceptors (Lipinski definition) is 3. The Morgan fingerprint density at radius 2 is 1.94 bits per heavy atom. The van der Waals surface area contributed by atoms with E-state index in [1.807, 2.05) is 19.3 Å². The van der Waals surface area contributed by atoms with E-state index < -0.39 is 0 Å². The molecule has 1 aliphatic rings. The van der Waals surface area contributed by atoms with Gasteiger partial charge in [-0.3, -0.25) is 4.99 Å². The summed E-state index contributed by atoms with van der Waals surface area (Å²) >= 11 is 0. The van der Waals surface area contributed by atoms with Gasteiger partial charge in [-0.1, -0.05) is 36.4 Å². The molecule has 2 unspecified atom stereocenters. The lowest BCUT2D eigenvalue weighted by Gasteiger charge is -2.38. The number of ether oxygens (including phenoxy) is 1. The zero-order valence-electron chi connectivity index (χ0n) is 19.2. The van der Waals surface area contributed by atoms with Crippen LogP contribution in [-0.2, 0) is 17.8 Å². The van der Waals surface area contributed by atoms with Gasteiger partial charge in [0.25, 0.3) is 0 Å². The van der Waals surface area contributed by atoms with Gasteiger partial charge in [0, 0.05) is 39.1 Å². The van der Waals surface area contributed by atoms with Gasteiger partial charge >= 0.3 is 0 Å². The Kier molecular flexibility index (Phi) is 8.85. The minimum atomic E-state index is -0.239. The number of morpholine rings is 1. The summed E-state index contributed by atoms with van der Waals surface area (Å²) in [6, 6.07) is 15.1. The normalized spacial score (nSPS) is 18.7. The van der Waals surface area contributed by atoms with Crippen LogP contribution in [0.3, 0.4) is 0 Å². The fraction of sp³-hybridized carbons (Fsp3) is 0.360. The number of hydrogen-bond donors (Lipinski definition) is 1. The zero-order valence-corrected chi connectivity index (χ0v) is 21.6. The second kappa shape index (κ2) is 11.6. The summed E-state index contributed by atoms with van der Waals surface area (Å²) < 4.78 is 21.6. The summed E-state index contributed by atoms with van der Waals surface area (Å²) in [4.78, 5) is 11.0. The molecule has 0 saturated carbocycles. The van der Waals surface area contributed by atoms with Crippen molar-refractivity contribution in [3.05, 3.63) is 89.3 Å². The van der Waals surface area contributed by atoms with Crippen LogP contribution in [0.5, 0.6) is 0 Å². The maximum Gasteiger partial charge on any atom is 0.194 e. The lowest BCUT2D eigenvalue weighted by atomic mass is 10.1. The van der Waals surface area contributed by atoms with Gasteiger partial charge in [0.05, 0.1) is 12.6 Å². The third-order valence-corrected chi connectivity index (χ3v) is 5.73. The minimum Gasteiger partial charge on any atom is -0.367 e. The van der Waals surface area contributed by atoms with Gasteiger partial charge in [0.2, 0.25) is 0 Å². The van der Waals surface area contributed by atoms with Crippen LogP contribution in [0.15, 0.2) is 65.9 Å². The quantitative estimate of drug-likeness (QED) is 0.282. The molecule has 3 aromatic rings. The van der Waals surface area contributed by atoms with Gasteiger partial charge in [-0.2, -0.15) is 0 Å². The SMILES string of the molecule is CN=C(NCc1cccc(Cn2ccnc2C)c1)N1CC(C)OC(c2ccc(F)cc2)C1.I. The van der Waals surface area contributed by atoms with E-state index in [0.717, 1.165) is 30.4 Å². The fourth-order valence-corrected chi connectivity index (χ4v) is 4.10. The van der Waals surface area contributed by atoms with Crippen molar-refractivity contribution in [1.29, 1.82) is 0 Å². The molecule has 2 aromatic carbocycles. The number of halogens is 2. The topological polar surface area (TPSA) is 54.7 Å². The van der Waals surface area contributed by atoms with Crippen molar-refractivity contribution >= 4 is 29.9 Å². The smallest absolute Gasteiger partial charge is 0.194 e. The Morgan fingerprint density at radius 3 is 2.64 bits per heavy atom. The van der Waals surface area contributed by atoms with Crippen LogP contribution >= 0.6 is 24.0 Å². The maximum atomic E-state index is 13.3. The molecule has 1 saturated heterocycles. The van der Waals surface area contributed by atoms with E-state index in [2.05, 4.69) is 55.9 Å². The highest BCUT2D eigenvalue weighted by Gasteiger charge is 2.28. The molecule has 176 valence electrons. The van der Waals surface area contributed by atoms with Gasteiger partial charge in [-0.25, -0.2) is 9.37 Å². The first-order chi connectivity index (χ1) is 15.5. The predicted octanol–water partition coefficient (Wildman–Crippen LogP) is 4.53. The Hall–Kier alpha value is -2.46. The van der Waals surface area contributed by atoms with Crippen molar-refractivity contribution in [2.45, 2.75) is 39.1 Å². The molecule has 2 heterocycles. The minimum absolute atomic E-state index is 0. The van der Waals surface area contributed by atoms with Crippen molar-refractivity contribution < 1.29 is 9.13 Å². The lowest BCUT2D eigenvalue weighted by molar-refractivity contribution is -0.0605. The number of guanidine groups is 1. The molecular formula is C25H31FIN5O. The number of benzene rings is 2. The van der Waals surface area contributed by atoms with E-state index in [0.29, 0.717) is 13.1 Å². The summed E-state index contributed by atoms with van der Waals surface area (Å²) in [5.41, 5.74) is 3.40. The van der Waals surface area contributed by atoms with Crippen molar-refractivity contribution in [3.63, 3.8) is 0 Å². The highest BCUT2D eigenvalue weighted by molar-refractivity contribution is 14.0. The average molecular weight is 563 g/mol. The molecule has 4 rings (SSSR count). The van der Waals surface area contributed by atoms with Crippen LogP contribution in [0.25, 0.3) is 0 Å². The van der Waals surface area contributed by atoms with Gasteiger partial charge in [0.15, 0.2) is 5.96 Å². The Morgan fingerprint density at radius 1 is 1.18 bits per heavy atom. The first-order valence-electron chi connectivity index (χ1n) is 10.9. The molecule has 1 N–H and O–H groups in total. The number of rotatable bonds is 5. The largest absolute Gasteiger partial charge is 0.367 e. The van der Waals surface area contributed by atoms with Gasteiger partial charge in [-0.15, -0.1) is 24.0 Å². The van der Waals surface area contributed by atoms with Crippen LogP contribution in [0.2, 0.25) is 0 Å². The summed E-state index contributed by atoms with van der Waals surface area (Å²) in [7, 11) is 1.80. The average Bonchev–Trinajstić information content (AvgIpc) is 3.19. The zero-order chi connectivity index (χ0) is 22.5. The third kappa shape index (κ3) is 6.54. The van der Waals surface area contributed by atoms with Crippen molar-refractivity contribution in [2.75, 3.05) is 20.1 Å². The highest BCUT2D eigenvalue weighted by atomic mass is 127. The second-order valence-corrected chi connectivity index (χ2v) is 8.21. The van der Waals surface area contributed by atoms with Crippen molar-refractivity contribution in [1.82, 2.24) is 19.8 Å². The molecule has 8 heteroatoms. The van der Waals surface area contributed by atoms with E-state index in [1.54, 1.807) is 19.2 Å². The summed E-state index contributed by atoms with van der Waals surface area (Å²) in [6.07, 6.45) is 3.74. The standard InChI is InChI=1S/C25H30FN5O.HI/c1-18-15-31(17-24(32-18)22-7-9-23(26)10-8-22)25(27-3)29-14-20-5-4-6-21(13-20)16-30-12-11-28-19(30)2;/h4-13,18,24H,14-17H2,1-3H3,(H,27,29);1H. The highest BCUT2D eigenvalue weighted by Crippen LogP contribution is 2.25. The Balaban J connectivity index is 0.00000306.